The normalized spacial score (nSPS) is 13.9. The lowest BCUT2D eigenvalue weighted by Gasteiger charge is -2.16. The highest BCUT2D eigenvalue weighted by Gasteiger charge is 2.30. The van der Waals surface area contributed by atoms with Crippen LogP contribution >= 0.6 is 11.8 Å². The highest BCUT2D eigenvalue weighted by Crippen LogP contribution is 2.31. The number of thioether (sulfide) groups is 1. The highest BCUT2D eigenvalue weighted by atomic mass is 32.2. The number of benzene rings is 1. The van der Waals surface area contributed by atoms with Gasteiger partial charge in [0, 0.05) is 17.4 Å². The Morgan fingerprint density at radius 2 is 1.93 bits per heavy atom. The quantitative estimate of drug-likeness (QED) is 0.843. The average molecular weight is 231 g/mol. The van der Waals surface area contributed by atoms with Crippen LogP contribution in [0.1, 0.15) is 12.5 Å². The van der Waals surface area contributed by atoms with Crippen molar-refractivity contribution in [3.8, 4) is 0 Å². The monoisotopic (exact) mass is 231 g/mol. The van der Waals surface area contributed by atoms with E-state index < -0.39 is 5.92 Å². The van der Waals surface area contributed by atoms with Crippen molar-refractivity contribution in [3.63, 3.8) is 0 Å². The SMILES string of the molecule is CC(N)CSCC(F)(F)c1ccccc1. The maximum atomic E-state index is 13.5. The maximum Gasteiger partial charge on any atom is 0.282 e. The lowest BCUT2D eigenvalue weighted by atomic mass is 10.1. The van der Waals surface area contributed by atoms with E-state index in [-0.39, 0.29) is 17.4 Å². The van der Waals surface area contributed by atoms with E-state index in [0.29, 0.717) is 5.75 Å². The molecule has 4 heteroatoms. The molecule has 0 aliphatic heterocycles. The standard InChI is InChI=1S/C11H15F2NS/c1-9(14)7-15-8-11(12,13)10-5-3-2-4-6-10/h2-6,9H,7-8,14H2,1H3. The van der Waals surface area contributed by atoms with Crippen molar-refractivity contribution in [2.45, 2.75) is 18.9 Å². The van der Waals surface area contributed by atoms with Crippen LogP contribution in [0.25, 0.3) is 0 Å². The first-order valence-corrected chi connectivity index (χ1v) is 5.94. The van der Waals surface area contributed by atoms with Gasteiger partial charge in [0.25, 0.3) is 5.92 Å². The largest absolute Gasteiger partial charge is 0.327 e. The van der Waals surface area contributed by atoms with Crippen LogP contribution < -0.4 is 5.73 Å². The van der Waals surface area contributed by atoms with Gasteiger partial charge >= 0.3 is 0 Å². The summed E-state index contributed by atoms with van der Waals surface area (Å²) in [6.07, 6.45) is 0. The summed E-state index contributed by atoms with van der Waals surface area (Å²) in [5.41, 5.74) is 5.57. The van der Waals surface area contributed by atoms with Gasteiger partial charge in [-0.1, -0.05) is 30.3 Å². The number of hydrogen-bond acceptors (Lipinski definition) is 2. The maximum absolute atomic E-state index is 13.5. The van der Waals surface area contributed by atoms with Crippen LogP contribution in [-0.4, -0.2) is 17.5 Å². The zero-order valence-corrected chi connectivity index (χ0v) is 9.44. The Balaban J connectivity index is 2.52. The van der Waals surface area contributed by atoms with E-state index in [1.165, 1.54) is 23.9 Å². The number of nitrogens with two attached hydrogens (primary N) is 1. The topological polar surface area (TPSA) is 26.0 Å². The summed E-state index contributed by atoms with van der Waals surface area (Å²) in [7, 11) is 0. The molecule has 0 saturated carbocycles. The van der Waals surface area contributed by atoms with Crippen molar-refractivity contribution < 1.29 is 8.78 Å². The van der Waals surface area contributed by atoms with Crippen LogP contribution in [0.3, 0.4) is 0 Å². The predicted molar refractivity (Wildman–Crippen MR) is 61.3 cm³/mol. The summed E-state index contributed by atoms with van der Waals surface area (Å²) in [6, 6.07) is 7.84. The van der Waals surface area contributed by atoms with Crippen molar-refractivity contribution in [2.24, 2.45) is 5.73 Å². The van der Waals surface area contributed by atoms with Gasteiger partial charge in [-0.2, -0.15) is 11.8 Å². The molecule has 1 nitrogen and oxygen atoms in total. The number of rotatable bonds is 5. The van der Waals surface area contributed by atoms with Crippen LogP contribution in [0, 0.1) is 0 Å². The Morgan fingerprint density at radius 1 is 1.33 bits per heavy atom. The first kappa shape index (κ1) is 12.5. The van der Waals surface area contributed by atoms with E-state index in [9.17, 15) is 8.78 Å². The van der Waals surface area contributed by atoms with Crippen LogP contribution in [0.2, 0.25) is 0 Å². The van der Waals surface area contributed by atoms with Gasteiger partial charge in [0.15, 0.2) is 0 Å². The molecular formula is C11H15F2NS. The Morgan fingerprint density at radius 3 is 2.47 bits per heavy atom. The second-order valence-corrected chi connectivity index (χ2v) is 4.59. The van der Waals surface area contributed by atoms with Gasteiger partial charge in [0.2, 0.25) is 0 Å². The summed E-state index contributed by atoms with van der Waals surface area (Å²) in [5, 5.41) is 0. The fraction of sp³-hybridized carbons (Fsp3) is 0.455. The molecule has 1 rings (SSSR count). The molecule has 2 N–H and O–H groups in total. The molecule has 0 saturated heterocycles. The third-order valence-electron chi connectivity index (χ3n) is 1.86. The molecule has 0 aromatic heterocycles. The molecule has 0 bridgehead atoms. The van der Waals surface area contributed by atoms with Gasteiger partial charge in [0.05, 0.1) is 5.75 Å². The summed E-state index contributed by atoms with van der Waals surface area (Å²) in [6.45, 7) is 1.81. The molecule has 0 amide bonds. The summed E-state index contributed by atoms with van der Waals surface area (Å²) < 4.78 is 27.1. The second-order valence-electron chi connectivity index (χ2n) is 3.56. The molecule has 0 heterocycles. The molecule has 0 radical (unpaired) electrons. The second kappa shape index (κ2) is 5.47. The van der Waals surface area contributed by atoms with Crippen LogP contribution in [0.4, 0.5) is 8.78 Å². The van der Waals surface area contributed by atoms with E-state index >= 15 is 0 Å². The molecule has 1 aromatic rings. The highest BCUT2D eigenvalue weighted by molar-refractivity contribution is 7.99. The zero-order chi connectivity index (χ0) is 11.3. The zero-order valence-electron chi connectivity index (χ0n) is 8.62. The van der Waals surface area contributed by atoms with E-state index in [1.54, 1.807) is 18.2 Å². The Hall–Kier alpha value is -0.610. The van der Waals surface area contributed by atoms with Crippen molar-refractivity contribution in [1.29, 1.82) is 0 Å². The van der Waals surface area contributed by atoms with Gasteiger partial charge in [-0.05, 0) is 6.92 Å². The first-order chi connectivity index (χ1) is 7.02. The smallest absolute Gasteiger partial charge is 0.282 e. The minimum absolute atomic E-state index is 0.0402. The van der Waals surface area contributed by atoms with Crippen LogP contribution in [0.15, 0.2) is 30.3 Å². The van der Waals surface area contributed by atoms with Gasteiger partial charge in [0.1, 0.15) is 0 Å². The van der Waals surface area contributed by atoms with Crippen molar-refractivity contribution in [3.05, 3.63) is 35.9 Å². The molecule has 84 valence electrons. The number of halogens is 2. The molecule has 0 aliphatic rings. The van der Waals surface area contributed by atoms with Gasteiger partial charge in [-0.15, -0.1) is 0 Å². The molecule has 1 aromatic carbocycles. The summed E-state index contributed by atoms with van der Waals surface area (Å²) in [5.74, 6) is -2.41. The molecule has 15 heavy (non-hydrogen) atoms. The van der Waals surface area contributed by atoms with Gasteiger partial charge in [-0.3, -0.25) is 0 Å². The lowest BCUT2D eigenvalue weighted by Crippen LogP contribution is -2.22. The fourth-order valence-corrected chi connectivity index (χ4v) is 2.05. The minimum atomic E-state index is -2.76. The van der Waals surface area contributed by atoms with E-state index in [0.717, 1.165) is 0 Å². The number of hydrogen-bond donors (Lipinski definition) is 1. The van der Waals surface area contributed by atoms with Crippen LogP contribution in [0.5, 0.6) is 0 Å². The first-order valence-electron chi connectivity index (χ1n) is 4.79. The summed E-state index contributed by atoms with van der Waals surface area (Å²) >= 11 is 1.19. The minimum Gasteiger partial charge on any atom is -0.327 e. The Kier molecular flexibility index (Phi) is 4.54. The molecule has 1 unspecified atom stereocenters. The van der Waals surface area contributed by atoms with Crippen molar-refractivity contribution in [2.75, 3.05) is 11.5 Å². The molecule has 1 atom stereocenters. The molecule has 0 aliphatic carbocycles. The number of alkyl halides is 2. The van der Waals surface area contributed by atoms with E-state index in [2.05, 4.69) is 0 Å². The Bertz CT molecular complexity index is 288. The van der Waals surface area contributed by atoms with Crippen LogP contribution in [-0.2, 0) is 5.92 Å². The lowest BCUT2D eigenvalue weighted by molar-refractivity contribution is 0.0232. The summed E-state index contributed by atoms with van der Waals surface area (Å²) in [4.78, 5) is 0. The molecule has 0 fully saturated rings. The van der Waals surface area contributed by atoms with E-state index in [4.69, 9.17) is 5.73 Å². The van der Waals surface area contributed by atoms with Gasteiger partial charge < -0.3 is 5.73 Å². The molecule has 0 spiro atoms. The fourth-order valence-electron chi connectivity index (χ4n) is 1.14. The third-order valence-corrected chi connectivity index (χ3v) is 3.19. The average Bonchev–Trinajstić information content (AvgIpc) is 2.18. The predicted octanol–water partition coefficient (Wildman–Crippen LogP) is 2.86. The Labute approximate surface area is 93.1 Å². The third kappa shape index (κ3) is 4.18. The van der Waals surface area contributed by atoms with Gasteiger partial charge in [-0.25, -0.2) is 8.78 Å². The van der Waals surface area contributed by atoms with Crippen molar-refractivity contribution in [1.82, 2.24) is 0 Å². The van der Waals surface area contributed by atoms with Crippen molar-refractivity contribution >= 4 is 11.8 Å². The molecular weight excluding hydrogens is 216 g/mol. The van der Waals surface area contributed by atoms with E-state index in [1.807, 2.05) is 6.92 Å².